The van der Waals surface area contributed by atoms with E-state index in [0.717, 1.165) is 16.2 Å². The van der Waals surface area contributed by atoms with E-state index in [0.29, 0.717) is 17.7 Å². The minimum atomic E-state index is -3.56. The molecule has 0 saturated carbocycles. The van der Waals surface area contributed by atoms with E-state index in [1.165, 1.54) is 12.1 Å². The van der Waals surface area contributed by atoms with E-state index in [2.05, 4.69) is 5.10 Å². The quantitative estimate of drug-likeness (QED) is 0.629. The third-order valence-electron chi connectivity index (χ3n) is 3.81. The lowest BCUT2D eigenvalue weighted by molar-refractivity contribution is -0.384. The molecule has 1 heterocycles. The molecule has 2 aromatic rings. The van der Waals surface area contributed by atoms with Crippen molar-refractivity contribution in [2.75, 3.05) is 6.26 Å². The van der Waals surface area contributed by atoms with Gasteiger partial charge >= 0.3 is 0 Å². The van der Waals surface area contributed by atoms with E-state index in [4.69, 9.17) is 0 Å². The summed E-state index contributed by atoms with van der Waals surface area (Å²) < 4.78 is 25.2. The van der Waals surface area contributed by atoms with Gasteiger partial charge in [-0.15, -0.1) is 0 Å². The molecule has 0 aliphatic carbocycles. The Labute approximate surface area is 139 Å². The number of hydrogen-bond acceptors (Lipinski definition) is 5. The van der Waals surface area contributed by atoms with Gasteiger partial charge in [-0.3, -0.25) is 10.1 Å². The van der Waals surface area contributed by atoms with Crippen LogP contribution in [0.15, 0.2) is 59.7 Å². The van der Waals surface area contributed by atoms with Gasteiger partial charge in [0.05, 0.1) is 22.9 Å². The van der Waals surface area contributed by atoms with Crippen LogP contribution in [0.5, 0.6) is 0 Å². The number of nitro benzene ring substituents is 1. The molecular weight excluding hydrogens is 330 g/mol. The summed E-state index contributed by atoms with van der Waals surface area (Å²) in [6, 6.07) is 14.7. The second-order valence-electron chi connectivity index (χ2n) is 5.52. The standard InChI is InChI=1S/C16H15N3O4S/c1-24(22,23)18-16(13-7-9-14(10-8-13)19(20)21)11-15(17-18)12-5-3-2-4-6-12/h2-10,16H,11H2,1H3. The van der Waals surface area contributed by atoms with Crippen LogP contribution in [0.4, 0.5) is 5.69 Å². The molecule has 0 aromatic heterocycles. The zero-order valence-corrected chi connectivity index (χ0v) is 13.7. The Kier molecular flexibility index (Phi) is 4.06. The first-order valence-corrected chi connectivity index (χ1v) is 9.08. The predicted octanol–water partition coefficient (Wildman–Crippen LogP) is 2.71. The van der Waals surface area contributed by atoms with Gasteiger partial charge < -0.3 is 0 Å². The Morgan fingerprint density at radius 3 is 2.29 bits per heavy atom. The molecule has 24 heavy (non-hydrogen) atoms. The summed E-state index contributed by atoms with van der Waals surface area (Å²) in [5.74, 6) is 0. The summed E-state index contributed by atoms with van der Waals surface area (Å²) in [6.45, 7) is 0. The lowest BCUT2D eigenvalue weighted by Crippen LogP contribution is -2.25. The number of nitrogens with zero attached hydrogens (tertiary/aromatic N) is 3. The largest absolute Gasteiger partial charge is 0.269 e. The number of sulfonamides is 1. The molecular formula is C16H15N3O4S. The van der Waals surface area contributed by atoms with E-state index in [1.54, 1.807) is 12.1 Å². The minimum absolute atomic E-state index is 0.0353. The van der Waals surface area contributed by atoms with Crippen LogP contribution in [0.3, 0.4) is 0 Å². The number of non-ortho nitro benzene ring substituents is 1. The fraction of sp³-hybridized carbons (Fsp3) is 0.188. The summed E-state index contributed by atoms with van der Waals surface area (Å²) in [4.78, 5) is 10.3. The number of benzene rings is 2. The van der Waals surface area contributed by atoms with Crippen molar-refractivity contribution in [1.82, 2.24) is 4.41 Å². The third kappa shape index (κ3) is 3.13. The Balaban J connectivity index is 1.97. The Morgan fingerprint density at radius 2 is 1.75 bits per heavy atom. The Bertz CT molecular complexity index is 893. The van der Waals surface area contributed by atoms with Gasteiger partial charge in [-0.1, -0.05) is 42.5 Å². The molecule has 8 heteroatoms. The molecule has 0 radical (unpaired) electrons. The van der Waals surface area contributed by atoms with Gasteiger partial charge in [-0.25, -0.2) is 8.42 Å². The molecule has 0 bridgehead atoms. The van der Waals surface area contributed by atoms with Crippen LogP contribution in [0.1, 0.15) is 23.6 Å². The summed E-state index contributed by atoms with van der Waals surface area (Å²) in [5.41, 5.74) is 2.16. The van der Waals surface area contributed by atoms with Gasteiger partial charge in [0.25, 0.3) is 5.69 Å². The molecule has 2 aromatic carbocycles. The van der Waals surface area contributed by atoms with Crippen molar-refractivity contribution < 1.29 is 13.3 Å². The first-order chi connectivity index (χ1) is 11.4. The molecule has 0 amide bonds. The molecule has 1 unspecified atom stereocenters. The van der Waals surface area contributed by atoms with Crippen molar-refractivity contribution >= 4 is 21.4 Å². The molecule has 0 N–H and O–H groups in total. The van der Waals surface area contributed by atoms with Gasteiger partial charge in [0.2, 0.25) is 10.0 Å². The molecule has 124 valence electrons. The van der Waals surface area contributed by atoms with Crippen LogP contribution in [-0.4, -0.2) is 29.7 Å². The first-order valence-electron chi connectivity index (χ1n) is 7.23. The third-order valence-corrected chi connectivity index (χ3v) is 4.82. The maximum Gasteiger partial charge on any atom is 0.269 e. The highest BCUT2D eigenvalue weighted by atomic mass is 32.2. The van der Waals surface area contributed by atoms with Crippen LogP contribution in [0.25, 0.3) is 0 Å². The van der Waals surface area contributed by atoms with Crippen LogP contribution in [0.2, 0.25) is 0 Å². The van der Waals surface area contributed by atoms with E-state index in [9.17, 15) is 18.5 Å². The Morgan fingerprint density at radius 1 is 1.12 bits per heavy atom. The lowest BCUT2D eigenvalue weighted by Gasteiger charge is -2.21. The van der Waals surface area contributed by atoms with E-state index >= 15 is 0 Å². The topological polar surface area (TPSA) is 92.9 Å². The highest BCUT2D eigenvalue weighted by molar-refractivity contribution is 7.88. The van der Waals surface area contributed by atoms with Crippen LogP contribution in [0, 0.1) is 10.1 Å². The van der Waals surface area contributed by atoms with Gasteiger partial charge in [0.1, 0.15) is 0 Å². The minimum Gasteiger partial charge on any atom is -0.258 e. The average Bonchev–Trinajstić information content (AvgIpc) is 3.01. The fourth-order valence-corrected chi connectivity index (χ4v) is 3.57. The van der Waals surface area contributed by atoms with Crippen LogP contribution < -0.4 is 0 Å². The van der Waals surface area contributed by atoms with E-state index in [1.807, 2.05) is 30.3 Å². The number of rotatable bonds is 4. The van der Waals surface area contributed by atoms with Crippen molar-refractivity contribution in [2.45, 2.75) is 12.5 Å². The summed E-state index contributed by atoms with van der Waals surface area (Å²) in [7, 11) is -3.56. The van der Waals surface area contributed by atoms with Crippen molar-refractivity contribution in [3.8, 4) is 0 Å². The summed E-state index contributed by atoms with van der Waals surface area (Å²) in [5, 5.41) is 15.0. The monoisotopic (exact) mass is 345 g/mol. The average molecular weight is 345 g/mol. The Hall–Kier alpha value is -2.74. The van der Waals surface area contributed by atoms with Gasteiger partial charge in [0.15, 0.2) is 0 Å². The highest BCUT2D eigenvalue weighted by Crippen LogP contribution is 2.35. The molecule has 3 rings (SSSR count). The summed E-state index contributed by atoms with van der Waals surface area (Å²) >= 11 is 0. The molecule has 1 aliphatic heterocycles. The zero-order chi connectivity index (χ0) is 17.3. The number of hydrazone groups is 1. The lowest BCUT2D eigenvalue weighted by atomic mass is 9.99. The van der Waals surface area contributed by atoms with Gasteiger partial charge in [-0.05, 0) is 11.1 Å². The molecule has 0 saturated heterocycles. The zero-order valence-electron chi connectivity index (χ0n) is 12.9. The molecule has 0 spiro atoms. The van der Waals surface area contributed by atoms with Gasteiger partial charge in [0, 0.05) is 18.6 Å². The maximum atomic E-state index is 12.1. The fourth-order valence-electron chi connectivity index (χ4n) is 2.67. The molecule has 1 aliphatic rings. The normalized spacial score (nSPS) is 17.6. The van der Waals surface area contributed by atoms with E-state index < -0.39 is 21.0 Å². The second kappa shape index (κ2) is 6.04. The van der Waals surface area contributed by atoms with E-state index in [-0.39, 0.29) is 5.69 Å². The molecule has 1 atom stereocenters. The second-order valence-corrected chi connectivity index (χ2v) is 7.36. The smallest absolute Gasteiger partial charge is 0.258 e. The molecule has 0 fully saturated rings. The SMILES string of the molecule is CS(=O)(=O)N1N=C(c2ccccc2)CC1c1ccc([N+](=O)[O-])cc1. The van der Waals surface area contributed by atoms with Crippen molar-refractivity contribution in [1.29, 1.82) is 0 Å². The van der Waals surface area contributed by atoms with Crippen molar-refractivity contribution in [3.63, 3.8) is 0 Å². The van der Waals surface area contributed by atoms with Crippen molar-refractivity contribution in [2.24, 2.45) is 5.10 Å². The van der Waals surface area contributed by atoms with Crippen LogP contribution >= 0.6 is 0 Å². The number of nitro groups is 1. The van der Waals surface area contributed by atoms with Gasteiger partial charge in [-0.2, -0.15) is 9.52 Å². The predicted molar refractivity (Wildman–Crippen MR) is 90.1 cm³/mol. The molecule has 7 nitrogen and oxygen atoms in total. The summed E-state index contributed by atoms with van der Waals surface area (Å²) in [6.07, 6.45) is 1.51. The number of hydrogen-bond donors (Lipinski definition) is 0. The van der Waals surface area contributed by atoms with Crippen molar-refractivity contribution in [3.05, 3.63) is 75.8 Å². The van der Waals surface area contributed by atoms with Crippen LogP contribution in [-0.2, 0) is 10.0 Å². The first kappa shape index (κ1) is 16.1. The maximum absolute atomic E-state index is 12.1. The highest BCUT2D eigenvalue weighted by Gasteiger charge is 2.34.